The zero-order valence-corrected chi connectivity index (χ0v) is 10.4. The molecule has 0 saturated heterocycles. The maximum atomic E-state index is 5.80. The number of halogens is 1. The molecule has 0 bridgehead atoms. The molecule has 3 nitrogen and oxygen atoms in total. The van der Waals surface area contributed by atoms with Crippen molar-refractivity contribution in [2.75, 3.05) is 12.8 Å². The number of hydrogen-bond donors (Lipinski definition) is 1. The highest BCUT2D eigenvalue weighted by Gasteiger charge is 2.02. The van der Waals surface area contributed by atoms with Crippen LogP contribution in [0.1, 0.15) is 0 Å². The summed E-state index contributed by atoms with van der Waals surface area (Å²) in [6.07, 6.45) is 1.70. The highest BCUT2D eigenvalue weighted by Crippen LogP contribution is 2.25. The molecule has 0 amide bonds. The molecule has 1 aromatic heterocycles. The molecule has 0 fully saturated rings. The van der Waals surface area contributed by atoms with Gasteiger partial charge in [0, 0.05) is 17.4 Å². The van der Waals surface area contributed by atoms with Gasteiger partial charge in [0.1, 0.15) is 5.75 Å². The lowest BCUT2D eigenvalue weighted by Crippen LogP contribution is -1.91. The lowest BCUT2D eigenvalue weighted by molar-refractivity contribution is 0.415. The topological polar surface area (TPSA) is 48.1 Å². The molecular formula is C12H11BrN2O. The summed E-state index contributed by atoms with van der Waals surface area (Å²) in [5, 5.41) is 0. The first-order valence-electron chi connectivity index (χ1n) is 4.76. The summed E-state index contributed by atoms with van der Waals surface area (Å²) in [4.78, 5) is 4.30. The van der Waals surface area contributed by atoms with Crippen LogP contribution in [-0.4, -0.2) is 12.1 Å². The smallest absolute Gasteiger partial charge is 0.118 e. The number of nitrogens with zero attached hydrogens (tertiary/aromatic N) is 1. The van der Waals surface area contributed by atoms with E-state index < -0.39 is 0 Å². The highest BCUT2D eigenvalue weighted by molar-refractivity contribution is 9.10. The van der Waals surface area contributed by atoms with E-state index in [1.165, 1.54) is 0 Å². The molecule has 2 aromatic rings. The van der Waals surface area contributed by atoms with Crippen molar-refractivity contribution in [2.45, 2.75) is 0 Å². The highest BCUT2D eigenvalue weighted by atomic mass is 79.9. The van der Waals surface area contributed by atoms with E-state index in [0.29, 0.717) is 5.69 Å². The maximum Gasteiger partial charge on any atom is 0.118 e. The molecule has 0 unspecified atom stereocenters. The SMILES string of the molecule is COc1ccc(-c2cc(N)c(Br)cn2)cc1. The van der Waals surface area contributed by atoms with Crippen LogP contribution in [0.2, 0.25) is 0 Å². The van der Waals surface area contributed by atoms with Gasteiger partial charge in [-0.2, -0.15) is 0 Å². The zero-order chi connectivity index (χ0) is 11.5. The Bertz CT molecular complexity index is 497. The predicted octanol–water partition coefficient (Wildman–Crippen LogP) is 3.10. The Morgan fingerprint density at radius 2 is 1.94 bits per heavy atom. The van der Waals surface area contributed by atoms with Crippen molar-refractivity contribution < 1.29 is 4.74 Å². The Hall–Kier alpha value is -1.55. The minimum Gasteiger partial charge on any atom is -0.497 e. The fraction of sp³-hybridized carbons (Fsp3) is 0.0833. The molecule has 82 valence electrons. The molecular weight excluding hydrogens is 268 g/mol. The van der Waals surface area contributed by atoms with Gasteiger partial charge in [-0.1, -0.05) is 0 Å². The van der Waals surface area contributed by atoms with Crippen molar-refractivity contribution in [3.8, 4) is 17.0 Å². The van der Waals surface area contributed by atoms with Crippen molar-refractivity contribution in [1.29, 1.82) is 0 Å². The van der Waals surface area contributed by atoms with Crippen molar-refractivity contribution in [3.05, 3.63) is 41.0 Å². The standard InChI is InChI=1S/C12H11BrN2O/c1-16-9-4-2-8(3-5-9)12-6-11(14)10(13)7-15-12/h2-7H,1H3,(H2,14,15). The van der Waals surface area contributed by atoms with E-state index in [0.717, 1.165) is 21.5 Å². The van der Waals surface area contributed by atoms with Gasteiger partial charge in [-0.05, 0) is 46.3 Å². The van der Waals surface area contributed by atoms with Crippen LogP contribution in [-0.2, 0) is 0 Å². The number of hydrogen-bond acceptors (Lipinski definition) is 3. The van der Waals surface area contributed by atoms with E-state index >= 15 is 0 Å². The Balaban J connectivity index is 2.38. The Labute approximate surface area is 102 Å². The molecule has 1 aromatic carbocycles. The van der Waals surface area contributed by atoms with Crippen LogP contribution < -0.4 is 10.5 Å². The van der Waals surface area contributed by atoms with Crippen LogP contribution in [0.3, 0.4) is 0 Å². The van der Waals surface area contributed by atoms with Gasteiger partial charge in [0.05, 0.1) is 17.3 Å². The first kappa shape index (κ1) is 11.0. The third-order valence-electron chi connectivity index (χ3n) is 2.27. The molecule has 0 aliphatic rings. The summed E-state index contributed by atoms with van der Waals surface area (Å²) >= 11 is 3.32. The molecule has 0 aliphatic carbocycles. The lowest BCUT2D eigenvalue weighted by Gasteiger charge is -2.04. The van der Waals surface area contributed by atoms with Crippen LogP contribution >= 0.6 is 15.9 Å². The van der Waals surface area contributed by atoms with Gasteiger partial charge in [-0.3, -0.25) is 4.98 Å². The van der Waals surface area contributed by atoms with Crippen LogP contribution in [0, 0.1) is 0 Å². The first-order chi connectivity index (χ1) is 7.70. The number of anilines is 1. The average Bonchev–Trinajstić information content (AvgIpc) is 2.33. The van der Waals surface area contributed by atoms with Gasteiger partial charge >= 0.3 is 0 Å². The Kier molecular flexibility index (Phi) is 3.10. The molecule has 2 rings (SSSR count). The number of rotatable bonds is 2. The normalized spacial score (nSPS) is 10.1. The van der Waals surface area contributed by atoms with Crippen LogP contribution in [0.4, 0.5) is 5.69 Å². The summed E-state index contributed by atoms with van der Waals surface area (Å²) in [6.45, 7) is 0. The monoisotopic (exact) mass is 278 g/mol. The Morgan fingerprint density at radius 1 is 1.25 bits per heavy atom. The van der Waals surface area contributed by atoms with Crippen molar-refractivity contribution >= 4 is 21.6 Å². The van der Waals surface area contributed by atoms with Gasteiger partial charge in [-0.25, -0.2) is 0 Å². The number of benzene rings is 1. The second kappa shape index (κ2) is 4.53. The summed E-state index contributed by atoms with van der Waals surface area (Å²) in [5.74, 6) is 0.828. The molecule has 0 aliphatic heterocycles. The molecule has 0 saturated carbocycles. The fourth-order valence-electron chi connectivity index (χ4n) is 1.37. The summed E-state index contributed by atoms with van der Waals surface area (Å²) in [7, 11) is 1.64. The van der Waals surface area contributed by atoms with Gasteiger partial charge in [0.2, 0.25) is 0 Å². The number of nitrogen functional groups attached to an aromatic ring is 1. The molecule has 2 N–H and O–H groups in total. The molecule has 4 heteroatoms. The summed E-state index contributed by atoms with van der Waals surface area (Å²) < 4.78 is 5.91. The summed E-state index contributed by atoms with van der Waals surface area (Å²) in [6, 6.07) is 9.54. The molecule has 16 heavy (non-hydrogen) atoms. The molecule has 1 heterocycles. The van der Waals surface area contributed by atoms with Gasteiger partial charge in [0.25, 0.3) is 0 Å². The fourth-order valence-corrected chi connectivity index (χ4v) is 1.59. The van der Waals surface area contributed by atoms with E-state index in [9.17, 15) is 0 Å². The second-order valence-corrected chi connectivity index (χ2v) is 4.17. The maximum absolute atomic E-state index is 5.80. The van der Waals surface area contributed by atoms with E-state index in [-0.39, 0.29) is 0 Å². The van der Waals surface area contributed by atoms with Gasteiger partial charge in [0.15, 0.2) is 0 Å². The second-order valence-electron chi connectivity index (χ2n) is 3.32. The van der Waals surface area contributed by atoms with Crippen LogP contribution in [0.5, 0.6) is 5.75 Å². The third kappa shape index (κ3) is 2.17. The van der Waals surface area contributed by atoms with Crippen LogP contribution in [0.15, 0.2) is 41.0 Å². The van der Waals surface area contributed by atoms with Crippen LogP contribution in [0.25, 0.3) is 11.3 Å². The number of pyridine rings is 1. The minimum absolute atomic E-state index is 0.681. The lowest BCUT2D eigenvalue weighted by atomic mass is 10.1. The molecule has 0 radical (unpaired) electrons. The number of aromatic nitrogens is 1. The van der Waals surface area contributed by atoms with Gasteiger partial charge < -0.3 is 10.5 Å². The minimum atomic E-state index is 0.681. The quantitative estimate of drug-likeness (QED) is 0.918. The van der Waals surface area contributed by atoms with E-state index in [4.69, 9.17) is 10.5 Å². The number of methoxy groups -OCH3 is 1. The number of nitrogens with two attached hydrogens (primary N) is 1. The molecule has 0 spiro atoms. The van der Waals surface area contributed by atoms with Crippen molar-refractivity contribution in [3.63, 3.8) is 0 Å². The average molecular weight is 279 g/mol. The summed E-state index contributed by atoms with van der Waals surface area (Å²) in [5.41, 5.74) is 8.35. The third-order valence-corrected chi connectivity index (χ3v) is 2.93. The van der Waals surface area contributed by atoms with Gasteiger partial charge in [-0.15, -0.1) is 0 Å². The van der Waals surface area contributed by atoms with E-state index in [1.807, 2.05) is 30.3 Å². The van der Waals surface area contributed by atoms with E-state index in [1.54, 1.807) is 13.3 Å². The largest absolute Gasteiger partial charge is 0.497 e. The first-order valence-corrected chi connectivity index (χ1v) is 5.55. The number of ether oxygens (including phenoxy) is 1. The van der Waals surface area contributed by atoms with E-state index in [2.05, 4.69) is 20.9 Å². The molecule has 0 atom stereocenters. The predicted molar refractivity (Wildman–Crippen MR) is 68.3 cm³/mol. The Morgan fingerprint density at radius 3 is 2.50 bits per heavy atom. The van der Waals surface area contributed by atoms with Crippen molar-refractivity contribution in [2.24, 2.45) is 0 Å². The zero-order valence-electron chi connectivity index (χ0n) is 8.77. The van der Waals surface area contributed by atoms with Crippen molar-refractivity contribution in [1.82, 2.24) is 4.98 Å².